The van der Waals surface area contributed by atoms with Gasteiger partial charge in [0.2, 0.25) is 0 Å². The van der Waals surface area contributed by atoms with Crippen LogP contribution in [0.4, 0.5) is 11.4 Å². The van der Waals surface area contributed by atoms with Gasteiger partial charge in [-0.2, -0.15) is 0 Å². The fourth-order valence-corrected chi connectivity index (χ4v) is 3.72. The maximum atomic E-state index is 13.1. The molecule has 3 aromatic rings. The van der Waals surface area contributed by atoms with Crippen molar-refractivity contribution in [3.8, 4) is 11.5 Å². The fraction of sp³-hybridized carbons (Fsp3) is 0.115. The Kier molecular flexibility index (Phi) is 6.97. The minimum absolute atomic E-state index is 0.0550. The van der Waals surface area contributed by atoms with E-state index in [-0.39, 0.29) is 39.4 Å². The van der Waals surface area contributed by atoms with Gasteiger partial charge in [-0.15, -0.1) is 0 Å². The molecule has 0 saturated heterocycles. The van der Waals surface area contributed by atoms with Crippen LogP contribution in [0.2, 0.25) is 0 Å². The predicted octanol–water partition coefficient (Wildman–Crippen LogP) is 3.37. The molecule has 0 aromatic heterocycles. The Morgan fingerprint density at radius 2 is 1.50 bits per heavy atom. The highest BCUT2D eigenvalue weighted by atomic mass is 16.6. The smallest absolute Gasteiger partial charge is 0.338 e. The van der Waals surface area contributed by atoms with Crippen LogP contribution in [0.5, 0.6) is 11.5 Å². The number of hydrogen-bond acceptors (Lipinski definition) is 10. The molecule has 3 aromatic carbocycles. The van der Waals surface area contributed by atoms with Crippen LogP contribution in [0.3, 0.4) is 0 Å². The van der Waals surface area contributed by atoms with Crippen LogP contribution in [0.25, 0.3) is 0 Å². The van der Waals surface area contributed by atoms with Crippen LogP contribution < -0.4 is 14.4 Å². The number of ketones is 1. The highest BCUT2D eigenvalue weighted by Gasteiger charge is 2.40. The van der Waals surface area contributed by atoms with Crippen LogP contribution >= 0.6 is 0 Å². The lowest BCUT2D eigenvalue weighted by molar-refractivity contribution is -0.384. The number of imide groups is 1. The second kappa shape index (κ2) is 10.3. The van der Waals surface area contributed by atoms with Crippen molar-refractivity contribution >= 4 is 40.9 Å². The third kappa shape index (κ3) is 4.95. The molecule has 4 rings (SSSR count). The summed E-state index contributed by atoms with van der Waals surface area (Å²) in [5, 5.41) is 11.6. The first-order valence-electron chi connectivity index (χ1n) is 10.9. The molecule has 0 fully saturated rings. The number of nitro groups is 1. The molecule has 0 N–H and O–H groups in total. The van der Waals surface area contributed by atoms with Gasteiger partial charge in [-0.25, -0.2) is 9.69 Å². The first-order valence-corrected chi connectivity index (χ1v) is 10.9. The molecule has 0 bridgehead atoms. The van der Waals surface area contributed by atoms with Gasteiger partial charge in [-0.3, -0.25) is 29.3 Å². The SMILES string of the molecule is COc1ccc(N2C(=O)c3ccc(C(=O)OCC(=O)c4ccc(OC(C)=O)cc4)cc3C2=O)c([N+](=O)[O-])c1. The van der Waals surface area contributed by atoms with Gasteiger partial charge in [0.1, 0.15) is 17.2 Å². The molecule has 2 amide bonds. The molecule has 12 nitrogen and oxygen atoms in total. The molecule has 0 spiro atoms. The summed E-state index contributed by atoms with van der Waals surface area (Å²) in [7, 11) is 1.32. The highest BCUT2D eigenvalue weighted by molar-refractivity contribution is 6.35. The van der Waals surface area contributed by atoms with Gasteiger partial charge in [0.25, 0.3) is 17.5 Å². The van der Waals surface area contributed by atoms with Crippen molar-refractivity contribution < 1.29 is 43.1 Å². The Labute approximate surface area is 214 Å². The molecule has 38 heavy (non-hydrogen) atoms. The third-order valence-corrected chi connectivity index (χ3v) is 5.51. The number of benzene rings is 3. The molecule has 192 valence electrons. The van der Waals surface area contributed by atoms with Gasteiger partial charge in [0, 0.05) is 12.5 Å². The maximum Gasteiger partial charge on any atom is 0.338 e. The average molecular weight is 518 g/mol. The van der Waals surface area contributed by atoms with Gasteiger partial charge >= 0.3 is 11.9 Å². The normalized spacial score (nSPS) is 12.1. The van der Waals surface area contributed by atoms with Crippen molar-refractivity contribution in [2.24, 2.45) is 0 Å². The lowest BCUT2D eigenvalue weighted by Gasteiger charge is -2.14. The Bertz CT molecular complexity index is 1510. The van der Waals surface area contributed by atoms with Crippen LogP contribution in [0.15, 0.2) is 60.7 Å². The number of fused-ring (bicyclic) bond motifs is 1. The number of hydrogen-bond donors (Lipinski definition) is 0. The number of carbonyl (C=O) groups is 5. The molecular weight excluding hydrogens is 500 g/mol. The summed E-state index contributed by atoms with van der Waals surface area (Å²) in [5.41, 5.74) is -0.869. The van der Waals surface area contributed by atoms with Crippen LogP contribution in [-0.2, 0) is 9.53 Å². The number of esters is 2. The summed E-state index contributed by atoms with van der Waals surface area (Å²) < 4.78 is 14.9. The van der Waals surface area contributed by atoms with Crippen LogP contribution in [0.1, 0.15) is 48.4 Å². The summed E-state index contributed by atoms with van der Waals surface area (Å²) in [4.78, 5) is 73.4. The zero-order valence-corrected chi connectivity index (χ0v) is 20.0. The number of nitrogens with zero attached hydrogens (tertiary/aromatic N) is 2. The van der Waals surface area contributed by atoms with Gasteiger partial charge in [0.15, 0.2) is 12.4 Å². The van der Waals surface area contributed by atoms with E-state index < -0.39 is 46.8 Å². The number of anilines is 1. The standard InChI is InChI=1S/C26H18N2O10/c1-14(29)38-17-6-3-15(4-7-17)23(30)13-37-26(33)16-5-9-19-20(11-16)25(32)27(24(19)31)21-10-8-18(36-2)12-22(21)28(34)35/h3-12H,13H2,1-2H3. The summed E-state index contributed by atoms with van der Waals surface area (Å²) >= 11 is 0. The van der Waals surface area contributed by atoms with Gasteiger partial charge < -0.3 is 14.2 Å². The number of methoxy groups -OCH3 is 1. The number of rotatable bonds is 8. The molecule has 0 unspecified atom stereocenters. The topological polar surface area (TPSA) is 159 Å². The molecule has 1 aliphatic rings. The first kappa shape index (κ1) is 25.7. The Morgan fingerprint density at radius 1 is 0.868 bits per heavy atom. The fourth-order valence-electron chi connectivity index (χ4n) is 3.72. The highest BCUT2D eigenvalue weighted by Crippen LogP contribution is 2.37. The van der Waals surface area contributed by atoms with E-state index in [0.29, 0.717) is 4.90 Å². The minimum Gasteiger partial charge on any atom is -0.496 e. The summed E-state index contributed by atoms with van der Waals surface area (Å²) in [6.07, 6.45) is 0. The average Bonchev–Trinajstić information content (AvgIpc) is 3.15. The summed E-state index contributed by atoms with van der Waals surface area (Å²) in [6, 6.07) is 12.9. The number of ether oxygens (including phenoxy) is 3. The monoisotopic (exact) mass is 518 g/mol. The van der Waals surface area contributed by atoms with E-state index in [1.807, 2.05) is 0 Å². The van der Waals surface area contributed by atoms with Crippen molar-refractivity contribution in [3.05, 3.63) is 93.0 Å². The van der Waals surface area contributed by atoms with Crippen molar-refractivity contribution in [3.63, 3.8) is 0 Å². The van der Waals surface area contributed by atoms with E-state index in [0.717, 1.165) is 12.1 Å². The molecule has 0 saturated carbocycles. The lowest BCUT2D eigenvalue weighted by atomic mass is 10.1. The Balaban J connectivity index is 1.50. The second-order valence-corrected chi connectivity index (χ2v) is 7.94. The molecule has 12 heteroatoms. The summed E-state index contributed by atoms with van der Waals surface area (Å²) in [6.45, 7) is 0.626. The van der Waals surface area contributed by atoms with E-state index in [1.54, 1.807) is 0 Å². The van der Waals surface area contributed by atoms with Gasteiger partial charge in [-0.1, -0.05) is 0 Å². The van der Waals surface area contributed by atoms with E-state index in [4.69, 9.17) is 14.2 Å². The van der Waals surface area contributed by atoms with Crippen molar-refractivity contribution in [2.75, 3.05) is 18.6 Å². The second-order valence-electron chi connectivity index (χ2n) is 7.94. The van der Waals surface area contributed by atoms with Crippen LogP contribution in [-0.4, -0.2) is 48.2 Å². The summed E-state index contributed by atoms with van der Waals surface area (Å²) in [5.74, 6) is -3.22. The third-order valence-electron chi connectivity index (χ3n) is 5.51. The number of Topliss-reactive ketones (excluding diaryl/α,β-unsaturated/α-hetero) is 1. The van der Waals surface area contributed by atoms with E-state index in [2.05, 4.69) is 0 Å². The Hall–Kier alpha value is -5.39. The van der Waals surface area contributed by atoms with Crippen molar-refractivity contribution in [2.45, 2.75) is 6.92 Å². The number of carbonyl (C=O) groups excluding carboxylic acids is 5. The maximum absolute atomic E-state index is 13.1. The van der Waals surface area contributed by atoms with Gasteiger partial charge in [0.05, 0.1) is 34.8 Å². The van der Waals surface area contributed by atoms with Gasteiger partial charge in [-0.05, 0) is 54.6 Å². The number of amides is 2. The quantitative estimate of drug-likeness (QED) is 0.108. The number of nitro benzene ring substituents is 1. The molecule has 0 aliphatic carbocycles. The van der Waals surface area contributed by atoms with Crippen LogP contribution in [0, 0.1) is 10.1 Å². The van der Waals surface area contributed by atoms with E-state index in [1.165, 1.54) is 62.6 Å². The minimum atomic E-state index is -0.924. The largest absolute Gasteiger partial charge is 0.496 e. The van der Waals surface area contributed by atoms with Crippen molar-refractivity contribution in [1.29, 1.82) is 0 Å². The van der Waals surface area contributed by atoms with E-state index in [9.17, 15) is 34.1 Å². The molecule has 1 aliphatic heterocycles. The molecule has 1 heterocycles. The molecule has 0 radical (unpaired) electrons. The lowest BCUT2D eigenvalue weighted by Crippen LogP contribution is -2.30. The van der Waals surface area contributed by atoms with E-state index >= 15 is 0 Å². The predicted molar refractivity (Wildman–Crippen MR) is 130 cm³/mol. The zero-order valence-electron chi connectivity index (χ0n) is 20.0. The Morgan fingerprint density at radius 3 is 2.13 bits per heavy atom. The van der Waals surface area contributed by atoms with Crippen molar-refractivity contribution in [1.82, 2.24) is 0 Å². The molecule has 0 atom stereocenters. The molecular formula is C26H18N2O10. The zero-order chi connectivity index (χ0) is 27.6. The first-order chi connectivity index (χ1) is 18.1.